The van der Waals surface area contributed by atoms with E-state index in [-0.39, 0.29) is 11.7 Å². The molecule has 31 heavy (non-hydrogen) atoms. The molecule has 0 spiro atoms. The van der Waals surface area contributed by atoms with Crippen LogP contribution in [-0.2, 0) is 11.3 Å². The third-order valence-electron chi connectivity index (χ3n) is 4.96. The summed E-state index contributed by atoms with van der Waals surface area (Å²) in [7, 11) is 1.80. The molecule has 0 N–H and O–H groups in total. The summed E-state index contributed by atoms with van der Waals surface area (Å²) in [6, 6.07) is 16.1. The van der Waals surface area contributed by atoms with Crippen LogP contribution in [0, 0.1) is 13.8 Å². The molecule has 2 aromatic heterocycles. The number of amides is 1. The zero-order valence-corrected chi connectivity index (χ0v) is 18.6. The number of para-hydroxylation sites is 1. The van der Waals surface area contributed by atoms with Crippen LogP contribution in [0.15, 0.2) is 72.4 Å². The smallest absolute Gasteiger partial charge is 0.233 e. The number of hydrogen-bond acceptors (Lipinski definition) is 5. The molecule has 0 saturated heterocycles. The van der Waals surface area contributed by atoms with Crippen molar-refractivity contribution in [3.05, 3.63) is 83.9 Å². The van der Waals surface area contributed by atoms with E-state index in [1.807, 2.05) is 45.8 Å². The highest BCUT2D eigenvalue weighted by Crippen LogP contribution is 2.23. The van der Waals surface area contributed by atoms with E-state index in [4.69, 9.17) is 0 Å². The maximum atomic E-state index is 12.7. The van der Waals surface area contributed by atoms with Gasteiger partial charge in [-0.2, -0.15) is 5.10 Å². The molecule has 158 valence electrons. The second-order valence-corrected chi connectivity index (χ2v) is 8.38. The van der Waals surface area contributed by atoms with Crippen LogP contribution in [0.4, 0.5) is 0 Å². The minimum atomic E-state index is 0.0210. The van der Waals surface area contributed by atoms with Crippen molar-refractivity contribution < 1.29 is 4.79 Å². The molecule has 7 nitrogen and oxygen atoms in total. The molecule has 2 heterocycles. The number of carbonyl (C=O) groups excluding carboxylic acids is 1. The Morgan fingerprint density at radius 1 is 1.13 bits per heavy atom. The van der Waals surface area contributed by atoms with Gasteiger partial charge in [-0.15, -0.1) is 10.2 Å². The van der Waals surface area contributed by atoms with Crippen LogP contribution in [0.5, 0.6) is 0 Å². The molecule has 0 aliphatic heterocycles. The Bertz CT molecular complexity index is 1180. The topological polar surface area (TPSA) is 68.8 Å². The fourth-order valence-corrected chi connectivity index (χ4v) is 4.19. The van der Waals surface area contributed by atoms with Gasteiger partial charge in [-0.1, -0.05) is 47.7 Å². The van der Waals surface area contributed by atoms with E-state index in [0.717, 1.165) is 22.5 Å². The first-order chi connectivity index (χ1) is 15.0. The quantitative estimate of drug-likeness (QED) is 0.415. The Morgan fingerprint density at radius 3 is 2.71 bits per heavy atom. The monoisotopic (exact) mass is 432 g/mol. The lowest BCUT2D eigenvalue weighted by Crippen LogP contribution is -2.27. The van der Waals surface area contributed by atoms with Gasteiger partial charge in [0.1, 0.15) is 6.33 Å². The van der Waals surface area contributed by atoms with Gasteiger partial charge in [0.25, 0.3) is 0 Å². The molecule has 0 bridgehead atoms. The maximum Gasteiger partial charge on any atom is 0.233 e. The van der Waals surface area contributed by atoms with E-state index >= 15 is 0 Å². The van der Waals surface area contributed by atoms with Crippen LogP contribution in [0.1, 0.15) is 16.7 Å². The molecular formula is C23H24N6OS. The van der Waals surface area contributed by atoms with Crippen molar-refractivity contribution in [3.63, 3.8) is 0 Å². The number of aryl methyl sites for hydroxylation is 2. The van der Waals surface area contributed by atoms with Crippen LogP contribution in [-0.4, -0.2) is 48.2 Å². The van der Waals surface area contributed by atoms with Gasteiger partial charge in [-0.3, -0.25) is 9.36 Å². The van der Waals surface area contributed by atoms with Crippen molar-refractivity contribution in [2.24, 2.45) is 0 Å². The third-order valence-corrected chi connectivity index (χ3v) is 5.88. The van der Waals surface area contributed by atoms with Crippen molar-refractivity contribution in [1.29, 1.82) is 0 Å². The summed E-state index contributed by atoms with van der Waals surface area (Å²) in [6.45, 7) is 4.62. The Kier molecular flexibility index (Phi) is 6.18. The highest BCUT2D eigenvalue weighted by Gasteiger charge is 2.15. The van der Waals surface area contributed by atoms with Crippen LogP contribution in [0.3, 0.4) is 0 Å². The van der Waals surface area contributed by atoms with E-state index in [1.54, 1.807) is 24.5 Å². The maximum absolute atomic E-state index is 12.7. The lowest BCUT2D eigenvalue weighted by atomic mass is 10.1. The Hall–Kier alpha value is -3.39. The van der Waals surface area contributed by atoms with Gasteiger partial charge in [0, 0.05) is 25.4 Å². The molecule has 0 aliphatic rings. The number of thioether (sulfide) groups is 1. The average Bonchev–Trinajstić information content (AvgIpc) is 3.42. The largest absolute Gasteiger partial charge is 0.341 e. The second-order valence-electron chi connectivity index (χ2n) is 7.44. The third kappa shape index (κ3) is 4.86. The predicted octanol–water partition coefficient (Wildman–Crippen LogP) is 3.82. The molecule has 0 fully saturated rings. The van der Waals surface area contributed by atoms with Crippen molar-refractivity contribution in [2.45, 2.75) is 25.5 Å². The summed E-state index contributed by atoms with van der Waals surface area (Å²) in [4.78, 5) is 14.4. The average molecular weight is 433 g/mol. The number of aromatic nitrogens is 5. The minimum Gasteiger partial charge on any atom is -0.341 e. The number of carbonyl (C=O) groups is 1. The van der Waals surface area contributed by atoms with Crippen molar-refractivity contribution in [1.82, 2.24) is 29.4 Å². The number of nitrogens with zero attached hydrogens (tertiary/aromatic N) is 6. The molecule has 1 amide bonds. The molecule has 0 unspecified atom stereocenters. The van der Waals surface area contributed by atoms with Gasteiger partial charge < -0.3 is 4.90 Å². The highest BCUT2D eigenvalue weighted by molar-refractivity contribution is 7.99. The van der Waals surface area contributed by atoms with Crippen molar-refractivity contribution in [3.8, 4) is 11.4 Å². The SMILES string of the molecule is Cc1ccc(-n2cnnc2SCC(=O)N(C)Cc2cnn(-c3ccccc3)c2)c(C)c1. The summed E-state index contributed by atoms with van der Waals surface area (Å²) < 4.78 is 3.74. The van der Waals surface area contributed by atoms with Gasteiger partial charge in [0.2, 0.25) is 5.91 Å². The molecule has 0 aliphatic carbocycles. The summed E-state index contributed by atoms with van der Waals surface area (Å²) in [6.07, 6.45) is 5.43. The number of benzene rings is 2. The molecule has 0 radical (unpaired) electrons. The Balaban J connectivity index is 1.38. The Morgan fingerprint density at radius 2 is 1.94 bits per heavy atom. The van der Waals surface area contributed by atoms with Gasteiger partial charge in [-0.05, 0) is 37.6 Å². The first kappa shape index (κ1) is 20.9. The standard InChI is InChI=1S/C23H24N6OS/c1-17-9-10-21(18(2)11-17)28-16-24-26-23(28)31-15-22(30)27(3)13-19-12-25-29(14-19)20-7-5-4-6-8-20/h4-12,14,16H,13,15H2,1-3H3. The summed E-state index contributed by atoms with van der Waals surface area (Å²) in [5.41, 5.74) is 5.33. The fraction of sp³-hybridized carbons (Fsp3) is 0.217. The van der Waals surface area contributed by atoms with Crippen LogP contribution < -0.4 is 0 Å². The van der Waals surface area contributed by atoms with E-state index in [2.05, 4.69) is 47.3 Å². The van der Waals surface area contributed by atoms with E-state index < -0.39 is 0 Å². The molecule has 0 atom stereocenters. The highest BCUT2D eigenvalue weighted by atomic mass is 32.2. The zero-order chi connectivity index (χ0) is 21.8. The Labute approximate surface area is 185 Å². The van der Waals surface area contributed by atoms with Gasteiger partial charge in [0.05, 0.1) is 23.3 Å². The first-order valence-electron chi connectivity index (χ1n) is 9.94. The summed E-state index contributed by atoms with van der Waals surface area (Å²) in [5, 5.41) is 13.3. The lowest BCUT2D eigenvalue weighted by Gasteiger charge is -2.16. The van der Waals surface area contributed by atoms with Crippen molar-refractivity contribution in [2.75, 3.05) is 12.8 Å². The minimum absolute atomic E-state index is 0.0210. The first-order valence-corrected chi connectivity index (χ1v) is 10.9. The fourth-order valence-electron chi connectivity index (χ4n) is 3.33. The zero-order valence-electron chi connectivity index (χ0n) is 17.8. The molecule has 0 saturated carbocycles. The van der Waals surface area contributed by atoms with E-state index in [9.17, 15) is 4.79 Å². The lowest BCUT2D eigenvalue weighted by molar-refractivity contribution is -0.127. The number of hydrogen-bond donors (Lipinski definition) is 0. The molecular weight excluding hydrogens is 408 g/mol. The van der Waals surface area contributed by atoms with Gasteiger partial charge in [-0.25, -0.2) is 4.68 Å². The molecule has 4 rings (SSSR count). The molecule has 8 heteroatoms. The van der Waals surface area contributed by atoms with Crippen LogP contribution in [0.2, 0.25) is 0 Å². The normalized spacial score (nSPS) is 10.9. The number of rotatable bonds is 7. The van der Waals surface area contributed by atoms with Crippen molar-refractivity contribution >= 4 is 17.7 Å². The van der Waals surface area contributed by atoms with Crippen LogP contribution >= 0.6 is 11.8 Å². The van der Waals surface area contributed by atoms with E-state index in [0.29, 0.717) is 11.7 Å². The molecule has 2 aromatic carbocycles. The van der Waals surface area contributed by atoms with E-state index in [1.165, 1.54) is 17.3 Å². The summed E-state index contributed by atoms with van der Waals surface area (Å²) in [5.74, 6) is 0.306. The molecule has 4 aromatic rings. The van der Waals surface area contributed by atoms with Gasteiger partial charge in [0.15, 0.2) is 5.16 Å². The summed E-state index contributed by atoms with van der Waals surface area (Å²) >= 11 is 1.39. The van der Waals surface area contributed by atoms with Crippen LogP contribution in [0.25, 0.3) is 11.4 Å². The second kappa shape index (κ2) is 9.18. The van der Waals surface area contributed by atoms with Gasteiger partial charge >= 0.3 is 0 Å². The predicted molar refractivity (Wildman–Crippen MR) is 122 cm³/mol.